The van der Waals surface area contributed by atoms with Gasteiger partial charge in [-0.25, -0.2) is 0 Å². The van der Waals surface area contributed by atoms with Crippen LogP contribution in [0, 0.1) is 6.92 Å². The fourth-order valence-corrected chi connectivity index (χ4v) is 4.50. The van der Waals surface area contributed by atoms with Gasteiger partial charge in [0.2, 0.25) is 5.76 Å². The number of amides is 1. The highest BCUT2D eigenvalue weighted by atomic mass is 16.5. The number of hydrogen-bond donors (Lipinski definition) is 0. The molecule has 0 N–H and O–H groups in total. The van der Waals surface area contributed by atoms with Crippen LogP contribution in [0.25, 0.3) is 11.0 Å². The first-order valence-electron chi connectivity index (χ1n) is 12.4. The summed E-state index contributed by atoms with van der Waals surface area (Å²) < 4.78 is 23.3. The highest BCUT2D eigenvalue weighted by Gasteiger charge is 2.42. The summed E-state index contributed by atoms with van der Waals surface area (Å²) in [6.07, 6.45) is 2.38. The molecule has 0 spiro atoms. The number of carbonyl (C=O) groups excluding carboxylic acids is 1. The minimum absolute atomic E-state index is 0.0936. The molecule has 0 radical (unpaired) electrons. The lowest BCUT2D eigenvalue weighted by atomic mass is 9.97. The van der Waals surface area contributed by atoms with Crippen LogP contribution in [0.4, 0.5) is 0 Å². The van der Waals surface area contributed by atoms with E-state index in [9.17, 15) is 9.59 Å². The predicted molar refractivity (Wildman–Crippen MR) is 139 cm³/mol. The first-order valence-corrected chi connectivity index (χ1v) is 12.4. The second-order valence-electron chi connectivity index (χ2n) is 9.09. The molecule has 7 heteroatoms. The maximum absolute atomic E-state index is 13.8. The molecule has 190 valence electrons. The smallest absolute Gasteiger partial charge is 0.290 e. The molecule has 3 aromatic rings. The number of nitrogens with zero attached hydrogens (tertiary/aromatic N) is 1. The van der Waals surface area contributed by atoms with Crippen LogP contribution in [0.5, 0.6) is 11.5 Å². The van der Waals surface area contributed by atoms with Crippen molar-refractivity contribution < 1.29 is 23.4 Å². The van der Waals surface area contributed by atoms with Gasteiger partial charge in [-0.1, -0.05) is 30.4 Å². The Morgan fingerprint density at radius 1 is 1.11 bits per heavy atom. The van der Waals surface area contributed by atoms with Crippen molar-refractivity contribution in [2.45, 2.75) is 46.3 Å². The van der Waals surface area contributed by atoms with Crippen molar-refractivity contribution in [3.05, 3.63) is 81.7 Å². The molecule has 1 amide bonds. The number of carbonyl (C=O) groups is 1. The zero-order valence-corrected chi connectivity index (χ0v) is 21.3. The molecule has 1 aromatic heterocycles. The quantitative estimate of drug-likeness (QED) is 0.263. The van der Waals surface area contributed by atoms with Gasteiger partial charge >= 0.3 is 0 Å². The first kappa shape index (κ1) is 25.5. The Morgan fingerprint density at radius 2 is 1.92 bits per heavy atom. The van der Waals surface area contributed by atoms with Crippen LogP contribution < -0.4 is 14.9 Å². The third kappa shape index (κ3) is 5.02. The van der Waals surface area contributed by atoms with E-state index in [1.54, 1.807) is 29.2 Å². The van der Waals surface area contributed by atoms with Crippen LogP contribution in [-0.2, 0) is 4.74 Å². The Kier molecular flexibility index (Phi) is 7.79. The van der Waals surface area contributed by atoms with Gasteiger partial charge in [-0.3, -0.25) is 9.59 Å². The molecule has 7 nitrogen and oxygen atoms in total. The largest absolute Gasteiger partial charge is 0.490 e. The molecular weight excluding hydrogens is 458 g/mol. The molecule has 0 saturated heterocycles. The first-order chi connectivity index (χ1) is 17.3. The molecule has 1 aliphatic rings. The summed E-state index contributed by atoms with van der Waals surface area (Å²) in [6, 6.07) is 10.3. The number of aryl methyl sites for hydroxylation is 1. The van der Waals surface area contributed by atoms with Crippen molar-refractivity contribution in [3.63, 3.8) is 0 Å². The lowest BCUT2D eigenvalue weighted by Crippen LogP contribution is -2.31. The fourth-order valence-electron chi connectivity index (χ4n) is 4.50. The van der Waals surface area contributed by atoms with Crippen molar-refractivity contribution in [3.8, 4) is 11.5 Å². The third-order valence-corrected chi connectivity index (χ3v) is 6.06. The van der Waals surface area contributed by atoms with Gasteiger partial charge in [-0.15, -0.1) is 0 Å². The zero-order valence-electron chi connectivity index (χ0n) is 21.3. The topological polar surface area (TPSA) is 78.2 Å². The van der Waals surface area contributed by atoms with Crippen LogP contribution in [0.1, 0.15) is 60.5 Å². The lowest BCUT2D eigenvalue weighted by Gasteiger charge is -2.26. The average Bonchev–Trinajstić information content (AvgIpc) is 3.13. The molecule has 0 aliphatic carbocycles. The van der Waals surface area contributed by atoms with E-state index in [1.807, 2.05) is 45.9 Å². The minimum Gasteiger partial charge on any atom is -0.490 e. The molecule has 1 aliphatic heterocycles. The normalized spacial score (nSPS) is 15.0. The summed E-state index contributed by atoms with van der Waals surface area (Å²) in [6.45, 7) is 13.1. The van der Waals surface area contributed by atoms with Gasteiger partial charge in [0.1, 0.15) is 12.2 Å². The van der Waals surface area contributed by atoms with Crippen LogP contribution in [0.3, 0.4) is 0 Å². The Labute approximate surface area is 211 Å². The molecule has 0 bridgehead atoms. The van der Waals surface area contributed by atoms with Crippen molar-refractivity contribution >= 4 is 16.9 Å². The minimum atomic E-state index is -0.611. The van der Waals surface area contributed by atoms with Crippen LogP contribution in [0.2, 0.25) is 0 Å². The fraction of sp³-hybridized carbons (Fsp3) is 0.379. The zero-order chi connectivity index (χ0) is 25.8. The molecule has 4 rings (SSSR count). The van der Waals surface area contributed by atoms with E-state index in [4.69, 9.17) is 18.6 Å². The highest BCUT2D eigenvalue weighted by molar-refractivity contribution is 5.99. The summed E-state index contributed by atoms with van der Waals surface area (Å²) >= 11 is 0. The van der Waals surface area contributed by atoms with Crippen molar-refractivity contribution in [2.24, 2.45) is 0 Å². The van der Waals surface area contributed by atoms with Crippen LogP contribution >= 0.6 is 0 Å². The van der Waals surface area contributed by atoms with E-state index in [1.165, 1.54) is 0 Å². The monoisotopic (exact) mass is 491 g/mol. The van der Waals surface area contributed by atoms with Crippen molar-refractivity contribution in [2.75, 3.05) is 26.4 Å². The van der Waals surface area contributed by atoms with E-state index in [-0.39, 0.29) is 23.2 Å². The van der Waals surface area contributed by atoms with E-state index in [0.29, 0.717) is 60.8 Å². The summed E-state index contributed by atoms with van der Waals surface area (Å²) in [5.41, 5.74) is 2.26. The Balaban J connectivity index is 1.83. The van der Waals surface area contributed by atoms with Gasteiger partial charge in [0.15, 0.2) is 16.9 Å². The second-order valence-corrected chi connectivity index (χ2v) is 9.09. The summed E-state index contributed by atoms with van der Waals surface area (Å²) in [4.78, 5) is 29.0. The molecule has 2 heterocycles. The van der Waals surface area contributed by atoms with Gasteiger partial charge in [0, 0.05) is 13.2 Å². The molecule has 36 heavy (non-hydrogen) atoms. The van der Waals surface area contributed by atoms with Gasteiger partial charge in [-0.2, -0.15) is 0 Å². The Bertz CT molecular complexity index is 1330. The SMILES string of the molecule is C=CCOc1ccc(C2c3c(oc4ccc(C)cc4c3=O)C(=O)N2CCCOC(C)C)cc1OCC. The maximum atomic E-state index is 13.8. The summed E-state index contributed by atoms with van der Waals surface area (Å²) in [7, 11) is 0. The summed E-state index contributed by atoms with van der Waals surface area (Å²) in [5, 5.41) is 0.465. The van der Waals surface area contributed by atoms with Crippen LogP contribution in [-0.4, -0.2) is 43.3 Å². The molecule has 2 aromatic carbocycles. The Hall–Kier alpha value is -3.58. The van der Waals surface area contributed by atoms with Crippen LogP contribution in [0.15, 0.2) is 58.3 Å². The number of ether oxygens (including phenoxy) is 3. The second kappa shape index (κ2) is 11.0. The van der Waals surface area contributed by atoms with E-state index in [0.717, 1.165) is 11.1 Å². The molecule has 0 fully saturated rings. The van der Waals surface area contributed by atoms with Crippen molar-refractivity contribution in [1.82, 2.24) is 4.90 Å². The number of hydrogen-bond acceptors (Lipinski definition) is 6. The van der Waals surface area contributed by atoms with E-state index < -0.39 is 6.04 Å². The maximum Gasteiger partial charge on any atom is 0.290 e. The lowest BCUT2D eigenvalue weighted by molar-refractivity contribution is 0.0593. The third-order valence-electron chi connectivity index (χ3n) is 6.06. The van der Waals surface area contributed by atoms with Gasteiger partial charge in [-0.05, 0) is 63.9 Å². The van der Waals surface area contributed by atoms with Gasteiger partial charge in [0.05, 0.1) is 29.7 Å². The molecule has 1 unspecified atom stereocenters. The predicted octanol–water partition coefficient (Wildman–Crippen LogP) is 5.43. The average molecular weight is 492 g/mol. The standard InChI is InChI=1S/C29H33NO6/c1-6-14-35-23-12-10-20(17-24(23)33-7-2)26-25-27(31)21-16-19(5)9-11-22(21)36-28(25)29(32)30(26)13-8-15-34-18(3)4/h6,9-12,16-18,26H,1,7-8,13-15H2,2-5H3. The van der Waals surface area contributed by atoms with E-state index in [2.05, 4.69) is 6.58 Å². The molecular formula is C29H33NO6. The molecule has 0 saturated carbocycles. The summed E-state index contributed by atoms with van der Waals surface area (Å²) in [5.74, 6) is 0.908. The van der Waals surface area contributed by atoms with Crippen molar-refractivity contribution in [1.29, 1.82) is 0 Å². The van der Waals surface area contributed by atoms with E-state index >= 15 is 0 Å². The number of fused-ring (bicyclic) bond motifs is 2. The highest BCUT2D eigenvalue weighted by Crippen LogP contribution is 2.41. The van der Waals surface area contributed by atoms with Gasteiger partial charge in [0.25, 0.3) is 5.91 Å². The Morgan fingerprint density at radius 3 is 2.64 bits per heavy atom. The number of rotatable bonds is 11. The molecule has 1 atom stereocenters. The number of benzene rings is 2. The van der Waals surface area contributed by atoms with Gasteiger partial charge < -0.3 is 23.5 Å².